The van der Waals surface area contributed by atoms with Gasteiger partial charge in [-0.3, -0.25) is 9.69 Å². The van der Waals surface area contributed by atoms with Crippen LogP contribution in [0.15, 0.2) is 24.3 Å². The number of amides is 1. The molecule has 162 valence electrons. The van der Waals surface area contributed by atoms with Gasteiger partial charge < -0.3 is 14.4 Å². The quantitative estimate of drug-likeness (QED) is 0.606. The number of piperidine rings is 1. The smallest absolute Gasteiger partial charge is 0.265 e. The van der Waals surface area contributed by atoms with Crippen LogP contribution in [0.2, 0.25) is 0 Å². The predicted octanol–water partition coefficient (Wildman–Crippen LogP) is 4.35. The van der Waals surface area contributed by atoms with Crippen LogP contribution in [0, 0.1) is 11.8 Å². The molecule has 3 atom stereocenters. The molecule has 29 heavy (non-hydrogen) atoms. The van der Waals surface area contributed by atoms with E-state index in [1.807, 2.05) is 29.2 Å². The van der Waals surface area contributed by atoms with Gasteiger partial charge in [0.25, 0.3) is 5.91 Å². The Labute approximate surface area is 176 Å². The number of hydrogen-bond acceptors (Lipinski definition) is 4. The molecule has 1 aromatic rings. The number of benzene rings is 1. The van der Waals surface area contributed by atoms with Gasteiger partial charge in [0.1, 0.15) is 5.75 Å². The number of carbonyl (C=O) groups excluding carboxylic acids is 1. The summed E-state index contributed by atoms with van der Waals surface area (Å²) in [5.74, 6) is 2.16. The first-order chi connectivity index (χ1) is 13.7. The van der Waals surface area contributed by atoms with Gasteiger partial charge in [-0.2, -0.15) is 0 Å². The van der Waals surface area contributed by atoms with Crippen molar-refractivity contribution in [2.75, 3.05) is 37.8 Å². The Morgan fingerprint density at radius 2 is 1.90 bits per heavy atom. The highest BCUT2D eigenvalue weighted by Gasteiger charge is 2.41. The van der Waals surface area contributed by atoms with Crippen molar-refractivity contribution >= 4 is 11.6 Å². The van der Waals surface area contributed by atoms with Crippen LogP contribution in [0.1, 0.15) is 53.4 Å². The number of hydrogen-bond donors (Lipinski definition) is 0. The average molecular weight is 403 g/mol. The second-order valence-electron chi connectivity index (χ2n) is 8.77. The highest BCUT2D eigenvalue weighted by atomic mass is 16.5. The van der Waals surface area contributed by atoms with E-state index in [1.54, 1.807) is 0 Å². The number of nitrogens with zero attached hydrogens (tertiary/aromatic N) is 2. The number of ether oxygens (including phenoxy) is 2. The molecular weight excluding hydrogens is 364 g/mol. The molecule has 3 heterocycles. The Kier molecular flexibility index (Phi) is 7.58. The maximum absolute atomic E-state index is 12.5. The monoisotopic (exact) mass is 402 g/mol. The van der Waals surface area contributed by atoms with Crippen molar-refractivity contribution in [3.05, 3.63) is 24.3 Å². The van der Waals surface area contributed by atoms with Crippen molar-refractivity contribution in [1.29, 1.82) is 0 Å². The molecule has 5 heteroatoms. The third-order valence-corrected chi connectivity index (χ3v) is 6.68. The fraction of sp³-hybridized carbons (Fsp3) is 0.708. The molecule has 3 aliphatic rings. The Bertz CT molecular complexity index is 666. The molecular formula is C24H38N2O3. The van der Waals surface area contributed by atoms with Crippen LogP contribution in [-0.4, -0.2) is 55.8 Å². The van der Waals surface area contributed by atoms with E-state index in [-0.39, 0.29) is 19.9 Å². The number of para-hydroxylation sites is 2. The van der Waals surface area contributed by atoms with Crippen LogP contribution < -0.4 is 9.64 Å². The highest BCUT2D eigenvalue weighted by molar-refractivity contribution is 5.97. The number of rotatable bonds is 8. The summed E-state index contributed by atoms with van der Waals surface area (Å²) in [6, 6.07) is 9.33. The minimum atomic E-state index is 0. The van der Waals surface area contributed by atoms with Gasteiger partial charge in [0.15, 0.2) is 6.61 Å². The topological polar surface area (TPSA) is 42.0 Å². The van der Waals surface area contributed by atoms with E-state index in [9.17, 15) is 4.79 Å². The van der Waals surface area contributed by atoms with Crippen LogP contribution in [0.4, 0.5) is 5.69 Å². The molecule has 3 aliphatic heterocycles. The van der Waals surface area contributed by atoms with E-state index in [0.717, 1.165) is 55.7 Å². The fourth-order valence-electron chi connectivity index (χ4n) is 5.40. The molecule has 0 spiro atoms. The lowest BCUT2D eigenvalue weighted by atomic mass is 9.88. The lowest BCUT2D eigenvalue weighted by Crippen LogP contribution is -2.48. The third-order valence-electron chi connectivity index (χ3n) is 6.68. The van der Waals surface area contributed by atoms with Crippen molar-refractivity contribution in [3.8, 4) is 5.75 Å². The van der Waals surface area contributed by atoms with Crippen LogP contribution in [0.3, 0.4) is 0 Å². The molecule has 0 radical (unpaired) electrons. The predicted molar refractivity (Wildman–Crippen MR) is 118 cm³/mol. The Hall–Kier alpha value is -1.59. The zero-order chi connectivity index (χ0) is 19.5. The highest BCUT2D eigenvalue weighted by Crippen LogP contribution is 2.40. The van der Waals surface area contributed by atoms with Gasteiger partial charge >= 0.3 is 0 Å². The largest absolute Gasteiger partial charge is 0.482 e. The summed E-state index contributed by atoms with van der Waals surface area (Å²) < 4.78 is 11.2. The standard InChI is InChI=1S/C23H34N2O3.CH4/c1-3-27-11-10-18-12-19-8-9-20(13-18)24(19)14-17(2)15-25-21-6-4-5-7-22(21)28-16-23(25)26;/h4-7,17-20H,3,8-16H2,1-2H3;1H4/t17-,18?,19?,20?;/m1./s1. The normalized spacial score (nSPS) is 27.2. The van der Waals surface area contributed by atoms with E-state index in [1.165, 1.54) is 32.1 Å². The second-order valence-corrected chi connectivity index (χ2v) is 8.77. The summed E-state index contributed by atoms with van der Waals surface area (Å²) in [6.07, 6.45) is 6.51. The molecule has 2 unspecified atom stereocenters. The summed E-state index contributed by atoms with van der Waals surface area (Å²) in [6.45, 7) is 8.10. The summed E-state index contributed by atoms with van der Waals surface area (Å²) in [7, 11) is 0. The number of fused-ring (bicyclic) bond motifs is 3. The summed E-state index contributed by atoms with van der Waals surface area (Å²) in [5, 5.41) is 0. The first-order valence-electron chi connectivity index (χ1n) is 11.0. The molecule has 2 fully saturated rings. The molecule has 0 aliphatic carbocycles. The van der Waals surface area contributed by atoms with Gasteiger partial charge in [-0.05, 0) is 63.0 Å². The van der Waals surface area contributed by atoms with Crippen LogP contribution >= 0.6 is 0 Å². The van der Waals surface area contributed by atoms with Crippen molar-refractivity contribution in [1.82, 2.24) is 4.90 Å². The first-order valence-corrected chi connectivity index (χ1v) is 11.0. The molecule has 2 saturated heterocycles. The lowest BCUT2D eigenvalue weighted by Gasteiger charge is -2.41. The summed E-state index contributed by atoms with van der Waals surface area (Å²) in [4.78, 5) is 17.1. The van der Waals surface area contributed by atoms with E-state index in [4.69, 9.17) is 9.47 Å². The molecule has 0 saturated carbocycles. The number of carbonyl (C=O) groups is 1. The third kappa shape index (κ3) is 4.95. The lowest BCUT2D eigenvalue weighted by molar-refractivity contribution is -0.121. The van der Waals surface area contributed by atoms with Crippen molar-refractivity contribution in [2.45, 2.75) is 65.5 Å². The summed E-state index contributed by atoms with van der Waals surface area (Å²) in [5.41, 5.74) is 0.920. The van der Waals surface area contributed by atoms with Gasteiger partial charge in [-0.1, -0.05) is 26.5 Å². The molecule has 2 bridgehead atoms. The SMILES string of the molecule is C.CCOCCC1CC2CCC(C1)N2C[C@@H](C)CN1C(=O)COc2ccccc21. The van der Waals surface area contributed by atoms with E-state index < -0.39 is 0 Å². The van der Waals surface area contributed by atoms with Gasteiger partial charge in [-0.25, -0.2) is 0 Å². The minimum Gasteiger partial charge on any atom is -0.482 e. The maximum Gasteiger partial charge on any atom is 0.265 e. The van der Waals surface area contributed by atoms with Crippen molar-refractivity contribution < 1.29 is 14.3 Å². The first kappa shape index (κ1) is 22.1. The van der Waals surface area contributed by atoms with Gasteiger partial charge in [0, 0.05) is 38.4 Å². The van der Waals surface area contributed by atoms with E-state index in [2.05, 4.69) is 18.7 Å². The Balaban J connectivity index is 0.00000240. The maximum atomic E-state index is 12.5. The Morgan fingerprint density at radius 1 is 1.17 bits per heavy atom. The number of anilines is 1. The van der Waals surface area contributed by atoms with Gasteiger partial charge in [0.05, 0.1) is 5.69 Å². The van der Waals surface area contributed by atoms with Gasteiger partial charge in [-0.15, -0.1) is 0 Å². The second kappa shape index (κ2) is 9.94. The minimum absolute atomic E-state index is 0. The van der Waals surface area contributed by atoms with Crippen LogP contribution in [0.5, 0.6) is 5.75 Å². The van der Waals surface area contributed by atoms with Crippen molar-refractivity contribution in [3.63, 3.8) is 0 Å². The van der Waals surface area contributed by atoms with E-state index >= 15 is 0 Å². The van der Waals surface area contributed by atoms with Gasteiger partial charge in [0.2, 0.25) is 0 Å². The summed E-state index contributed by atoms with van der Waals surface area (Å²) >= 11 is 0. The average Bonchev–Trinajstić information content (AvgIpc) is 2.92. The molecule has 1 aromatic carbocycles. The molecule has 5 nitrogen and oxygen atoms in total. The Morgan fingerprint density at radius 3 is 2.62 bits per heavy atom. The molecule has 0 aromatic heterocycles. The van der Waals surface area contributed by atoms with Crippen LogP contribution in [-0.2, 0) is 9.53 Å². The van der Waals surface area contributed by atoms with Crippen LogP contribution in [0.25, 0.3) is 0 Å². The molecule has 1 amide bonds. The van der Waals surface area contributed by atoms with E-state index in [0.29, 0.717) is 5.92 Å². The fourth-order valence-corrected chi connectivity index (χ4v) is 5.40. The molecule has 0 N–H and O–H groups in total. The van der Waals surface area contributed by atoms with Crippen molar-refractivity contribution in [2.24, 2.45) is 11.8 Å². The zero-order valence-electron chi connectivity index (χ0n) is 17.3. The zero-order valence-corrected chi connectivity index (χ0v) is 17.3. The molecule has 4 rings (SSSR count).